The molecule has 0 aliphatic carbocycles. The summed E-state index contributed by atoms with van der Waals surface area (Å²) < 4.78 is 162. The Morgan fingerprint density at radius 3 is 1.89 bits per heavy atom. The van der Waals surface area contributed by atoms with E-state index >= 15 is 0 Å². The van der Waals surface area contributed by atoms with Gasteiger partial charge in [-0.2, -0.15) is 30.4 Å². The second-order valence-electron chi connectivity index (χ2n) is 11.5. The minimum absolute atomic E-state index is 0.0154. The molecule has 0 fully saturated rings. The first-order valence-corrected chi connectivity index (χ1v) is 24.0. The number of nitrogens with one attached hydrogen (secondary N) is 1. The summed E-state index contributed by atoms with van der Waals surface area (Å²) in [6, 6.07) is 12.9. The maximum Gasteiger partial charge on any atom is 0.397 e. The molecular weight excluding hydrogens is 943 g/mol. The maximum absolute atomic E-state index is 12.9. The van der Waals surface area contributed by atoms with Crippen molar-refractivity contribution in [2.45, 2.75) is 19.6 Å². The van der Waals surface area contributed by atoms with Crippen LogP contribution in [0.1, 0.15) is 10.4 Å². The number of hydrogen-bond donors (Lipinski definition) is 7. The Kier molecular flexibility index (Phi) is 15.7. The van der Waals surface area contributed by atoms with Gasteiger partial charge in [-0.25, -0.2) is 26.3 Å². The monoisotopic (exact) mass is 971 g/mol. The second kappa shape index (κ2) is 19.8. The Hall–Kier alpha value is -5.07. The number of amides is 1. The van der Waals surface area contributed by atoms with Gasteiger partial charge in [0.25, 0.3) is 26.1 Å². The number of sulfone groups is 2. The van der Waals surface area contributed by atoms with Gasteiger partial charge in [-0.3, -0.25) is 22.6 Å². The van der Waals surface area contributed by atoms with Gasteiger partial charge in [0, 0.05) is 11.3 Å². The van der Waals surface area contributed by atoms with Crippen LogP contribution < -0.4 is 16.8 Å². The van der Waals surface area contributed by atoms with Gasteiger partial charge in [0.2, 0.25) is 0 Å². The molecule has 0 spiro atoms. The number of nitrogens with zero attached hydrogens (tertiary/aromatic N) is 4. The molecule has 0 radical (unpaired) electrons. The number of nitrogens with two attached hydrogens (primary N) is 2. The van der Waals surface area contributed by atoms with E-state index in [4.69, 9.17) is 21.3 Å². The fraction of sp³-hybridized carbons (Fsp3) is 0.138. The summed E-state index contributed by atoms with van der Waals surface area (Å²) >= 11 is 0.0874. The predicted molar refractivity (Wildman–Crippen MR) is 210 cm³/mol. The Bertz CT molecular complexity index is 2930. The lowest BCUT2D eigenvalue weighted by atomic mass is 10.2. The van der Waals surface area contributed by atoms with Crippen molar-refractivity contribution in [3.63, 3.8) is 0 Å². The van der Waals surface area contributed by atoms with Crippen LogP contribution in [-0.4, -0.2) is 91.6 Å². The number of anilines is 3. The van der Waals surface area contributed by atoms with Crippen LogP contribution in [0, 0.1) is 0 Å². The Balaban J connectivity index is 1.59. The van der Waals surface area contributed by atoms with Crippen molar-refractivity contribution in [2.24, 2.45) is 20.5 Å². The third kappa shape index (κ3) is 13.7. The molecule has 0 aromatic heterocycles. The number of azo groups is 2. The van der Waals surface area contributed by atoms with E-state index in [-0.39, 0.29) is 34.2 Å². The van der Waals surface area contributed by atoms with E-state index < -0.39 is 124 Å². The molecule has 32 heteroatoms. The summed E-state index contributed by atoms with van der Waals surface area (Å²) in [5.74, 6) is -2.28. The van der Waals surface area contributed by atoms with Crippen LogP contribution >= 0.6 is 12.3 Å². The summed E-state index contributed by atoms with van der Waals surface area (Å²) in [5.41, 5.74) is 9.06. The average molecular weight is 972 g/mol. The third-order valence-electron chi connectivity index (χ3n) is 7.40. The number of rotatable bonds is 20. The van der Waals surface area contributed by atoms with Gasteiger partial charge < -0.3 is 16.8 Å². The normalized spacial score (nSPS) is 12.9. The Morgan fingerprint density at radius 1 is 0.672 bits per heavy atom. The highest BCUT2D eigenvalue weighted by molar-refractivity contribution is 7.92. The summed E-state index contributed by atoms with van der Waals surface area (Å²) in [7, 11) is -23.6. The van der Waals surface area contributed by atoms with Gasteiger partial charge in [-0.05, 0) is 66.7 Å². The quantitative estimate of drug-likeness (QED) is 0.0126. The molecule has 0 atom stereocenters. The summed E-state index contributed by atoms with van der Waals surface area (Å²) in [4.78, 5) is 9.95. The minimum atomic E-state index is -5.20. The van der Waals surface area contributed by atoms with Crippen molar-refractivity contribution in [3.05, 3.63) is 78.4 Å². The van der Waals surface area contributed by atoms with Gasteiger partial charge in [-0.15, -0.1) is 19.7 Å². The molecule has 330 valence electrons. The first-order chi connectivity index (χ1) is 28.3. The fourth-order valence-corrected chi connectivity index (χ4v) is 8.93. The minimum Gasteiger partial charge on any atom is -0.396 e. The maximum atomic E-state index is 12.9. The van der Waals surface area contributed by atoms with E-state index in [0.717, 1.165) is 18.2 Å². The van der Waals surface area contributed by atoms with Gasteiger partial charge in [0.05, 0.1) is 51.6 Å². The van der Waals surface area contributed by atoms with E-state index in [1.54, 1.807) is 0 Å². The average Bonchev–Trinajstić information content (AvgIpc) is 3.16. The molecule has 0 saturated heterocycles. The lowest BCUT2D eigenvalue weighted by molar-refractivity contribution is -0.434. The summed E-state index contributed by atoms with van der Waals surface area (Å²) in [6.07, 6.45) is 0. The van der Waals surface area contributed by atoms with Crippen molar-refractivity contribution in [3.8, 4) is 0 Å². The molecule has 1 amide bonds. The predicted octanol–water partition coefficient (Wildman–Crippen LogP) is 3.80. The number of benzene rings is 4. The number of carbonyl (C=O) groups excluding carboxylic acids is 1. The zero-order valence-electron chi connectivity index (χ0n) is 30.1. The topological polar surface area (TPSA) is 419 Å². The molecule has 0 bridgehead atoms. The van der Waals surface area contributed by atoms with Crippen molar-refractivity contribution in [2.75, 3.05) is 41.5 Å². The molecule has 4 rings (SSSR count). The van der Waals surface area contributed by atoms with Crippen LogP contribution in [0.15, 0.2) is 113 Å². The molecule has 0 heterocycles. The molecule has 0 unspecified atom stereocenters. The lowest BCUT2D eigenvalue weighted by Crippen LogP contribution is -2.16. The third-order valence-corrected chi connectivity index (χ3v) is 13.4. The SMILES string of the molecule is Nc1c(N=Nc2ccc(S(=O)(=O)CCOSOOO)cc2S(=O)(=O)O)cc(S(=O)(=O)O)c(N)c1N=Nc1ccc(C(=O)Nc2cccc(S(=O)(=O)CCOS(=O)(=O)O)c2)cc1. The number of carbonyl (C=O) groups is 1. The zero-order valence-corrected chi connectivity index (χ0v) is 35.0. The van der Waals surface area contributed by atoms with Crippen LogP contribution in [0.5, 0.6) is 0 Å². The first-order valence-electron chi connectivity index (χ1n) is 15.8. The van der Waals surface area contributed by atoms with E-state index in [1.165, 1.54) is 42.5 Å². The highest BCUT2D eigenvalue weighted by Crippen LogP contribution is 2.43. The van der Waals surface area contributed by atoms with Gasteiger partial charge in [0.1, 0.15) is 26.9 Å². The van der Waals surface area contributed by atoms with Crippen LogP contribution in [0.2, 0.25) is 0 Å². The first kappa shape index (κ1) is 48.6. The molecule has 0 saturated carbocycles. The van der Waals surface area contributed by atoms with Gasteiger partial charge in [-0.1, -0.05) is 11.1 Å². The van der Waals surface area contributed by atoms with Crippen LogP contribution in [-0.2, 0) is 68.0 Å². The number of nitrogen functional groups attached to an aromatic ring is 2. The van der Waals surface area contributed by atoms with Crippen LogP contribution in [0.3, 0.4) is 0 Å². The number of hydrogen-bond acceptors (Lipinski definition) is 23. The Morgan fingerprint density at radius 2 is 1.28 bits per heavy atom. The van der Waals surface area contributed by atoms with Crippen LogP contribution in [0.4, 0.5) is 39.8 Å². The largest absolute Gasteiger partial charge is 0.397 e. The highest BCUT2D eigenvalue weighted by atomic mass is 32.3. The van der Waals surface area contributed by atoms with Gasteiger partial charge >= 0.3 is 10.4 Å². The molecule has 9 N–H and O–H groups in total. The lowest BCUT2D eigenvalue weighted by Gasteiger charge is -2.11. The second-order valence-corrected chi connectivity index (χ2v) is 20.1. The molecule has 0 aliphatic heterocycles. The van der Waals surface area contributed by atoms with Crippen molar-refractivity contribution in [1.82, 2.24) is 0 Å². The van der Waals surface area contributed by atoms with Crippen LogP contribution in [0.25, 0.3) is 0 Å². The molecule has 4 aromatic carbocycles. The zero-order chi connectivity index (χ0) is 45.4. The van der Waals surface area contributed by atoms with E-state index in [0.29, 0.717) is 12.1 Å². The summed E-state index contributed by atoms with van der Waals surface area (Å²) in [6.45, 7) is -1.40. The molecule has 0 aliphatic rings. The molecule has 61 heavy (non-hydrogen) atoms. The van der Waals surface area contributed by atoms with E-state index in [1.807, 2.05) is 0 Å². The molecule has 4 aromatic rings. The van der Waals surface area contributed by atoms with Crippen molar-refractivity contribution in [1.29, 1.82) is 0 Å². The van der Waals surface area contributed by atoms with E-state index in [2.05, 4.69) is 43.5 Å². The highest BCUT2D eigenvalue weighted by Gasteiger charge is 2.25. The van der Waals surface area contributed by atoms with E-state index in [9.17, 15) is 56.0 Å². The van der Waals surface area contributed by atoms with Gasteiger partial charge in [0.15, 0.2) is 32.0 Å². The smallest absolute Gasteiger partial charge is 0.396 e. The molecule has 26 nitrogen and oxygen atoms in total. The Labute approximate surface area is 350 Å². The standard InChI is InChI=1S/C29H29N7O19S6/c30-26-23(35-34-22-9-8-21(15-24(22)59(43,44)45)57(39,40)12-10-52-56-55-54-38)16-25(60(46,47)48)27(31)28(26)36-33-18-6-4-17(5-7-18)29(37)32-19-2-1-3-20(14-19)58(41,42)13-11-53-61(49,50)51/h1-9,14-16,38H,10-13,30-31H2,(H,32,37)(H,43,44,45)(H,46,47,48)(H,49,50,51). The van der Waals surface area contributed by atoms with Crippen molar-refractivity contribution < 1.29 is 83.5 Å². The van der Waals surface area contributed by atoms with Crippen molar-refractivity contribution >= 4 is 108 Å². The summed E-state index contributed by atoms with van der Waals surface area (Å²) in [5, 5.41) is 29.0. The fourth-order valence-electron chi connectivity index (χ4n) is 4.60. The molecular formula is C29H29N7O19S6.